The molecule has 0 saturated carbocycles. The Bertz CT molecular complexity index is 2870. The standard InChI is InChI=1S/C22H20N8O.C15H16N4.C6H6N4/c1-13-10-14(6-8-23-13)16-2-4-19-21(26-16)30(15-7-9-29(19)12-15)22(31)27-20-5-3-17-18(25-20)11-24-28-17;1-10-8-11(4-6-16-10)13-2-3-14-15(18-13)17-12-5-7-19(14)9-12;7-6-2-1-4-5(9-6)3-8-10-4/h2-6,8,10-11,15H,7,9,12H2,1H3,(H,24,28)(H,25,27,31);2-4,6,8,12H,5,7,9H2,1H3,(H,17,18);1-3H,(H2,7,9)(H,8,10)/t15-;12-;/m00./s1. The van der Waals surface area contributed by atoms with Gasteiger partial charge >= 0.3 is 6.03 Å². The number of hydrogen-bond donors (Lipinski definition) is 5. The summed E-state index contributed by atoms with van der Waals surface area (Å²) in [6.07, 6.45) is 9.02. The Balaban J connectivity index is 0.000000125. The number of amides is 2. The number of rotatable bonds is 3. The van der Waals surface area contributed by atoms with Crippen molar-refractivity contribution in [2.45, 2.75) is 38.8 Å². The quantitative estimate of drug-likeness (QED) is 0.132. The van der Waals surface area contributed by atoms with Crippen LogP contribution in [-0.2, 0) is 0 Å². The van der Waals surface area contributed by atoms with Gasteiger partial charge < -0.3 is 20.9 Å². The molecule has 8 aromatic heterocycles. The van der Waals surface area contributed by atoms with Crippen molar-refractivity contribution >= 4 is 62.7 Å². The van der Waals surface area contributed by atoms with E-state index in [2.05, 4.69) is 85.0 Å². The molecule has 8 aromatic rings. The fourth-order valence-electron chi connectivity index (χ4n) is 8.22. The first-order valence-corrected chi connectivity index (χ1v) is 19.9. The molecule has 6 N–H and O–H groups in total. The van der Waals surface area contributed by atoms with Gasteiger partial charge in [-0.15, -0.1) is 0 Å². The fraction of sp³-hybridized carbons (Fsp3) is 0.233. The molecule has 60 heavy (non-hydrogen) atoms. The molecule has 17 nitrogen and oxygen atoms in total. The van der Waals surface area contributed by atoms with Crippen LogP contribution in [0.1, 0.15) is 24.2 Å². The van der Waals surface area contributed by atoms with Gasteiger partial charge in [0.15, 0.2) is 11.6 Å². The molecule has 0 radical (unpaired) electrons. The number of hydrogen-bond acceptors (Lipinski definition) is 13. The number of carbonyl (C=O) groups excluding carboxylic acids is 1. The monoisotopic (exact) mass is 798 g/mol. The first kappa shape index (κ1) is 36.6. The minimum absolute atomic E-state index is 0.0760. The van der Waals surface area contributed by atoms with Crippen LogP contribution in [0.3, 0.4) is 0 Å². The molecule has 300 valence electrons. The molecule has 4 aliphatic rings. The van der Waals surface area contributed by atoms with Gasteiger partial charge in [0.2, 0.25) is 0 Å². The lowest BCUT2D eigenvalue weighted by Gasteiger charge is -2.35. The van der Waals surface area contributed by atoms with Crippen molar-refractivity contribution in [3.05, 3.63) is 109 Å². The van der Waals surface area contributed by atoms with E-state index in [-0.39, 0.29) is 12.1 Å². The van der Waals surface area contributed by atoms with Crippen LogP contribution in [0.2, 0.25) is 0 Å². The maximum Gasteiger partial charge on any atom is 0.329 e. The number of anilines is 6. The van der Waals surface area contributed by atoms with Gasteiger partial charge in [-0.1, -0.05) is 0 Å². The summed E-state index contributed by atoms with van der Waals surface area (Å²) in [6, 6.07) is 24.0. The number of nitrogens with two attached hydrogens (primary N) is 1. The lowest BCUT2D eigenvalue weighted by molar-refractivity contribution is 0.254. The van der Waals surface area contributed by atoms with Crippen LogP contribution in [0.15, 0.2) is 97.6 Å². The van der Waals surface area contributed by atoms with Crippen LogP contribution >= 0.6 is 0 Å². The van der Waals surface area contributed by atoms with Gasteiger partial charge in [0.1, 0.15) is 22.7 Å². The van der Waals surface area contributed by atoms with E-state index in [0.29, 0.717) is 29.0 Å². The highest BCUT2D eigenvalue weighted by Gasteiger charge is 2.40. The van der Waals surface area contributed by atoms with Crippen molar-refractivity contribution in [1.29, 1.82) is 0 Å². The van der Waals surface area contributed by atoms with Gasteiger partial charge in [-0.2, -0.15) is 10.2 Å². The maximum atomic E-state index is 13.4. The molecule has 0 aliphatic carbocycles. The average molecular weight is 799 g/mol. The normalized spacial score (nSPS) is 16.9. The summed E-state index contributed by atoms with van der Waals surface area (Å²) in [5.74, 6) is 2.72. The number of carbonyl (C=O) groups is 1. The van der Waals surface area contributed by atoms with Crippen molar-refractivity contribution in [3.8, 4) is 22.5 Å². The van der Waals surface area contributed by atoms with Crippen molar-refractivity contribution in [2.75, 3.05) is 57.2 Å². The van der Waals surface area contributed by atoms with Gasteiger partial charge in [0, 0.05) is 67.1 Å². The molecular weight excluding hydrogens is 757 g/mol. The number of nitrogen functional groups attached to an aromatic ring is 1. The molecule has 0 spiro atoms. The van der Waals surface area contributed by atoms with E-state index >= 15 is 0 Å². The summed E-state index contributed by atoms with van der Waals surface area (Å²) in [5.41, 5.74) is 16.8. The highest BCUT2D eigenvalue weighted by molar-refractivity contribution is 6.04. The summed E-state index contributed by atoms with van der Waals surface area (Å²) < 4.78 is 0. The molecule has 12 rings (SSSR count). The Morgan fingerprint density at radius 2 is 1.37 bits per heavy atom. The topological polar surface area (TPSA) is 212 Å². The highest BCUT2D eigenvalue weighted by Crippen LogP contribution is 2.40. The zero-order valence-corrected chi connectivity index (χ0v) is 33.0. The molecule has 17 heteroatoms. The zero-order valence-electron chi connectivity index (χ0n) is 33.0. The second-order valence-corrected chi connectivity index (χ2v) is 15.3. The van der Waals surface area contributed by atoms with Crippen molar-refractivity contribution < 1.29 is 4.79 Å². The van der Waals surface area contributed by atoms with Crippen molar-refractivity contribution in [1.82, 2.24) is 50.3 Å². The number of aromatic amines is 2. The third kappa shape index (κ3) is 7.20. The van der Waals surface area contributed by atoms with Crippen LogP contribution < -0.4 is 31.1 Å². The van der Waals surface area contributed by atoms with Crippen LogP contribution in [0.4, 0.5) is 39.4 Å². The number of aromatic nitrogens is 10. The van der Waals surface area contributed by atoms with Crippen molar-refractivity contribution in [2.24, 2.45) is 0 Å². The van der Waals surface area contributed by atoms with Crippen LogP contribution in [0, 0.1) is 13.8 Å². The Kier molecular flexibility index (Phi) is 9.31. The van der Waals surface area contributed by atoms with E-state index in [1.165, 1.54) is 12.1 Å². The minimum Gasteiger partial charge on any atom is -0.384 e. The summed E-state index contributed by atoms with van der Waals surface area (Å²) in [7, 11) is 0. The van der Waals surface area contributed by atoms with E-state index in [4.69, 9.17) is 15.7 Å². The zero-order chi connectivity index (χ0) is 40.7. The van der Waals surface area contributed by atoms with Gasteiger partial charge in [-0.25, -0.2) is 24.7 Å². The SMILES string of the molecule is Cc1cc(-c2ccc3c(n2)N(C(=O)Nc2ccc4[nH]ncc4n2)[C@H]2CCN3C2)ccn1.Cc1cc(-c2ccc3c(n2)N[C@H]2CCN3C2)ccn1.Nc1ccc2[nH]ncc2n1. The van der Waals surface area contributed by atoms with Crippen LogP contribution in [0.5, 0.6) is 0 Å². The molecule has 2 fully saturated rings. The summed E-state index contributed by atoms with van der Waals surface area (Å²) in [5, 5.41) is 19.9. The Morgan fingerprint density at radius 1 is 0.717 bits per heavy atom. The molecular formula is C43H42N16O. The van der Waals surface area contributed by atoms with Gasteiger partial charge in [0.05, 0.1) is 52.2 Å². The molecule has 2 saturated heterocycles. The molecule has 2 atom stereocenters. The Hall–Kier alpha value is -7.69. The predicted molar refractivity (Wildman–Crippen MR) is 233 cm³/mol. The number of urea groups is 1. The number of pyridine rings is 6. The Labute approximate surface area is 344 Å². The highest BCUT2D eigenvalue weighted by atomic mass is 16.2. The molecule has 0 unspecified atom stereocenters. The number of H-pyrrole nitrogens is 2. The first-order valence-electron chi connectivity index (χ1n) is 19.9. The number of fused-ring (bicyclic) bond motifs is 10. The van der Waals surface area contributed by atoms with Crippen molar-refractivity contribution in [3.63, 3.8) is 0 Å². The molecule has 12 heterocycles. The molecule has 4 bridgehead atoms. The molecule has 0 aromatic carbocycles. The predicted octanol–water partition coefficient (Wildman–Crippen LogP) is 6.35. The summed E-state index contributed by atoms with van der Waals surface area (Å²) in [4.78, 5) is 46.6. The molecule has 2 amide bonds. The average Bonchev–Trinajstić information content (AvgIpc) is 4.09. The third-order valence-corrected chi connectivity index (χ3v) is 11.1. The lowest BCUT2D eigenvalue weighted by Crippen LogP contribution is -2.48. The second kappa shape index (κ2) is 15.2. The fourth-order valence-corrected chi connectivity index (χ4v) is 8.22. The number of nitrogens with one attached hydrogen (secondary N) is 4. The smallest absolute Gasteiger partial charge is 0.329 e. The summed E-state index contributed by atoms with van der Waals surface area (Å²) in [6.45, 7) is 7.94. The molecule has 4 aliphatic heterocycles. The minimum atomic E-state index is -0.223. The second-order valence-electron chi connectivity index (χ2n) is 15.3. The van der Waals surface area contributed by atoms with E-state index in [9.17, 15) is 4.79 Å². The van der Waals surface area contributed by atoms with Gasteiger partial charge in [0.25, 0.3) is 0 Å². The van der Waals surface area contributed by atoms with Gasteiger partial charge in [-0.3, -0.25) is 30.4 Å². The van der Waals surface area contributed by atoms with Gasteiger partial charge in [-0.05, 0) is 99.5 Å². The van der Waals surface area contributed by atoms with Crippen LogP contribution in [0.25, 0.3) is 44.6 Å². The number of nitrogens with zero attached hydrogens (tertiary/aromatic N) is 11. The van der Waals surface area contributed by atoms with E-state index < -0.39 is 0 Å². The van der Waals surface area contributed by atoms with Crippen LogP contribution in [-0.4, -0.2) is 94.6 Å². The summed E-state index contributed by atoms with van der Waals surface area (Å²) >= 11 is 0. The maximum absolute atomic E-state index is 13.4. The largest absolute Gasteiger partial charge is 0.384 e. The lowest BCUT2D eigenvalue weighted by atomic mass is 10.1. The third-order valence-electron chi connectivity index (χ3n) is 11.1. The number of aryl methyl sites for hydroxylation is 2. The Morgan fingerprint density at radius 3 is 2.10 bits per heavy atom. The van der Waals surface area contributed by atoms with E-state index in [0.717, 1.165) is 94.6 Å². The van der Waals surface area contributed by atoms with E-state index in [1.807, 2.05) is 56.4 Å². The van der Waals surface area contributed by atoms with E-state index in [1.54, 1.807) is 35.6 Å². The first-order chi connectivity index (χ1) is 29.3.